The van der Waals surface area contributed by atoms with Gasteiger partial charge in [0, 0.05) is 17.0 Å². The molecule has 1 aromatic carbocycles. The molecule has 0 radical (unpaired) electrons. The second-order valence-corrected chi connectivity index (χ2v) is 7.26. The minimum Gasteiger partial charge on any atom is -0.374 e. The van der Waals surface area contributed by atoms with E-state index >= 15 is 0 Å². The van der Waals surface area contributed by atoms with Crippen LogP contribution < -0.4 is 5.32 Å². The molecule has 0 atom stereocenters. The van der Waals surface area contributed by atoms with Gasteiger partial charge < -0.3 is 15.0 Å². The minimum atomic E-state index is -0.157. The summed E-state index contributed by atoms with van der Waals surface area (Å²) in [6, 6.07) is 11.3. The van der Waals surface area contributed by atoms with E-state index in [9.17, 15) is 9.59 Å². The molecule has 0 spiro atoms. The smallest absolute Gasteiger partial charge is 0.254 e. The van der Waals surface area contributed by atoms with Crippen LogP contribution in [0.4, 0.5) is 0 Å². The summed E-state index contributed by atoms with van der Waals surface area (Å²) in [5, 5.41) is 4.83. The lowest BCUT2D eigenvalue weighted by atomic mass is 10.1. The van der Waals surface area contributed by atoms with E-state index in [1.165, 1.54) is 0 Å². The lowest BCUT2D eigenvalue weighted by Crippen LogP contribution is -2.40. The monoisotopic (exact) mass is 374 g/mol. The maximum Gasteiger partial charge on any atom is 0.254 e. The SMILES string of the molecule is CCN(CC(=O)NCc1cccs1)C(=O)c1ccc(COC(C)C)cc1. The molecule has 0 saturated heterocycles. The van der Waals surface area contributed by atoms with E-state index in [-0.39, 0.29) is 24.5 Å². The molecule has 0 bridgehead atoms. The Kier molecular flexibility index (Phi) is 7.81. The van der Waals surface area contributed by atoms with Crippen molar-refractivity contribution in [3.05, 3.63) is 57.8 Å². The number of thiophene rings is 1. The average Bonchev–Trinajstić information content (AvgIpc) is 3.16. The molecule has 0 aliphatic rings. The van der Waals surface area contributed by atoms with Crippen LogP contribution in [-0.4, -0.2) is 35.9 Å². The Labute approximate surface area is 159 Å². The third-order valence-electron chi connectivity index (χ3n) is 3.83. The summed E-state index contributed by atoms with van der Waals surface area (Å²) in [5.41, 5.74) is 1.60. The molecule has 0 saturated carbocycles. The lowest BCUT2D eigenvalue weighted by molar-refractivity contribution is -0.121. The number of nitrogens with one attached hydrogen (secondary N) is 1. The Morgan fingerprint density at radius 2 is 1.92 bits per heavy atom. The number of nitrogens with zero attached hydrogens (tertiary/aromatic N) is 1. The first-order chi connectivity index (χ1) is 12.5. The van der Waals surface area contributed by atoms with Crippen molar-refractivity contribution in [2.75, 3.05) is 13.1 Å². The molecule has 2 rings (SSSR count). The summed E-state index contributed by atoms with van der Waals surface area (Å²) in [5.74, 6) is -0.300. The summed E-state index contributed by atoms with van der Waals surface area (Å²) in [7, 11) is 0. The van der Waals surface area contributed by atoms with Crippen LogP contribution in [0.25, 0.3) is 0 Å². The number of carbonyl (C=O) groups excluding carboxylic acids is 2. The molecule has 26 heavy (non-hydrogen) atoms. The van der Waals surface area contributed by atoms with Gasteiger partial charge >= 0.3 is 0 Å². The van der Waals surface area contributed by atoms with Gasteiger partial charge in [-0.25, -0.2) is 0 Å². The fourth-order valence-corrected chi connectivity index (χ4v) is 2.99. The lowest BCUT2D eigenvalue weighted by Gasteiger charge is -2.20. The van der Waals surface area contributed by atoms with Crippen LogP contribution in [0.2, 0.25) is 0 Å². The summed E-state index contributed by atoms with van der Waals surface area (Å²) in [6.45, 7) is 7.39. The minimum absolute atomic E-state index is 0.0545. The Balaban J connectivity index is 1.89. The molecule has 2 aromatic rings. The number of hydrogen-bond acceptors (Lipinski definition) is 4. The molecule has 2 amide bonds. The highest BCUT2D eigenvalue weighted by Gasteiger charge is 2.17. The fourth-order valence-electron chi connectivity index (χ4n) is 2.34. The standard InChI is InChI=1S/C20H26N2O3S/c1-4-22(13-19(23)21-12-18-6-5-11-26-18)20(24)17-9-7-16(8-10-17)14-25-15(2)3/h5-11,15H,4,12-14H2,1-3H3,(H,21,23). The zero-order valence-corrected chi connectivity index (χ0v) is 16.3. The van der Waals surface area contributed by atoms with Crippen molar-refractivity contribution in [1.29, 1.82) is 0 Å². The van der Waals surface area contributed by atoms with Crippen LogP contribution in [0, 0.1) is 0 Å². The fraction of sp³-hybridized carbons (Fsp3) is 0.400. The van der Waals surface area contributed by atoms with Crippen molar-refractivity contribution in [1.82, 2.24) is 10.2 Å². The zero-order chi connectivity index (χ0) is 18.9. The third kappa shape index (κ3) is 6.28. The van der Waals surface area contributed by atoms with E-state index in [0.717, 1.165) is 10.4 Å². The average molecular weight is 375 g/mol. The van der Waals surface area contributed by atoms with Crippen LogP contribution in [0.3, 0.4) is 0 Å². The summed E-state index contributed by atoms with van der Waals surface area (Å²) >= 11 is 1.59. The molecular formula is C20H26N2O3S. The summed E-state index contributed by atoms with van der Waals surface area (Å²) in [4.78, 5) is 27.4. The highest BCUT2D eigenvalue weighted by molar-refractivity contribution is 7.09. The number of carbonyl (C=O) groups is 2. The van der Waals surface area contributed by atoms with Crippen LogP contribution in [-0.2, 0) is 22.7 Å². The van der Waals surface area contributed by atoms with E-state index in [1.54, 1.807) is 28.4 Å². The van der Waals surface area contributed by atoms with Gasteiger partial charge in [-0.15, -0.1) is 11.3 Å². The Morgan fingerprint density at radius 3 is 2.50 bits per heavy atom. The van der Waals surface area contributed by atoms with E-state index in [2.05, 4.69) is 5.32 Å². The second kappa shape index (κ2) is 10.1. The first-order valence-electron chi connectivity index (χ1n) is 8.78. The van der Waals surface area contributed by atoms with Crippen molar-refractivity contribution < 1.29 is 14.3 Å². The molecule has 140 valence electrons. The Hall–Kier alpha value is -2.18. The highest BCUT2D eigenvalue weighted by atomic mass is 32.1. The van der Waals surface area contributed by atoms with E-state index in [1.807, 2.05) is 50.4 Å². The Bertz CT molecular complexity index is 696. The van der Waals surface area contributed by atoms with Crippen molar-refractivity contribution in [3.63, 3.8) is 0 Å². The quantitative estimate of drug-likeness (QED) is 0.731. The molecule has 1 aromatic heterocycles. The third-order valence-corrected chi connectivity index (χ3v) is 4.70. The molecule has 0 unspecified atom stereocenters. The molecule has 0 aliphatic heterocycles. The van der Waals surface area contributed by atoms with Gasteiger partial charge in [0.1, 0.15) is 0 Å². The molecule has 5 nitrogen and oxygen atoms in total. The molecule has 0 aliphatic carbocycles. The van der Waals surface area contributed by atoms with Gasteiger partial charge in [-0.3, -0.25) is 9.59 Å². The first-order valence-corrected chi connectivity index (χ1v) is 9.66. The van der Waals surface area contributed by atoms with Crippen molar-refractivity contribution in [3.8, 4) is 0 Å². The summed E-state index contributed by atoms with van der Waals surface area (Å²) in [6.07, 6.45) is 0.166. The predicted molar refractivity (Wildman–Crippen MR) is 104 cm³/mol. The maximum absolute atomic E-state index is 12.6. The molecule has 1 N–H and O–H groups in total. The largest absolute Gasteiger partial charge is 0.374 e. The van der Waals surface area contributed by atoms with E-state index < -0.39 is 0 Å². The number of ether oxygens (including phenoxy) is 1. The van der Waals surface area contributed by atoms with Gasteiger partial charge in [0.2, 0.25) is 5.91 Å². The van der Waals surface area contributed by atoms with Gasteiger partial charge in [-0.05, 0) is 49.9 Å². The first kappa shape index (κ1) is 20.1. The van der Waals surface area contributed by atoms with Gasteiger partial charge in [0.05, 0.1) is 25.8 Å². The van der Waals surface area contributed by atoms with Crippen LogP contribution in [0.15, 0.2) is 41.8 Å². The molecular weight excluding hydrogens is 348 g/mol. The van der Waals surface area contributed by atoms with Gasteiger partial charge in [-0.2, -0.15) is 0 Å². The molecule has 1 heterocycles. The van der Waals surface area contributed by atoms with Gasteiger partial charge in [0.25, 0.3) is 5.91 Å². The zero-order valence-electron chi connectivity index (χ0n) is 15.5. The van der Waals surface area contributed by atoms with Crippen molar-refractivity contribution in [2.24, 2.45) is 0 Å². The second-order valence-electron chi connectivity index (χ2n) is 6.23. The number of hydrogen-bond donors (Lipinski definition) is 1. The van der Waals surface area contributed by atoms with Gasteiger partial charge in [-0.1, -0.05) is 18.2 Å². The predicted octanol–water partition coefficient (Wildman–Crippen LogP) is 3.45. The van der Waals surface area contributed by atoms with Crippen LogP contribution >= 0.6 is 11.3 Å². The number of likely N-dealkylation sites (N-methyl/N-ethyl adjacent to an activating group) is 1. The van der Waals surface area contributed by atoms with Crippen molar-refractivity contribution in [2.45, 2.75) is 40.0 Å². The maximum atomic E-state index is 12.6. The number of amides is 2. The van der Waals surface area contributed by atoms with Crippen LogP contribution in [0.1, 0.15) is 41.6 Å². The Morgan fingerprint density at radius 1 is 1.19 bits per heavy atom. The molecule has 6 heteroatoms. The molecule has 0 fully saturated rings. The normalized spacial score (nSPS) is 10.8. The summed E-state index contributed by atoms with van der Waals surface area (Å²) < 4.78 is 5.56. The number of benzene rings is 1. The van der Waals surface area contributed by atoms with E-state index in [4.69, 9.17) is 4.74 Å². The topological polar surface area (TPSA) is 58.6 Å². The van der Waals surface area contributed by atoms with Crippen LogP contribution in [0.5, 0.6) is 0 Å². The highest BCUT2D eigenvalue weighted by Crippen LogP contribution is 2.10. The van der Waals surface area contributed by atoms with E-state index in [0.29, 0.717) is 25.3 Å². The number of rotatable bonds is 9. The van der Waals surface area contributed by atoms with Gasteiger partial charge in [0.15, 0.2) is 0 Å². The van der Waals surface area contributed by atoms with Crippen molar-refractivity contribution >= 4 is 23.2 Å².